The minimum Gasteiger partial charge on any atom is -0.383 e. The highest BCUT2D eigenvalue weighted by Gasteiger charge is 2.24. The molecule has 0 spiro atoms. The molecule has 2 heterocycles. The first-order chi connectivity index (χ1) is 6.63. The number of nitrogens with two attached hydrogens (primary N) is 1. The van der Waals surface area contributed by atoms with Crippen LogP contribution in [0.3, 0.4) is 0 Å². The number of fused-ring (bicyclic) bond motifs is 1. The molecule has 0 fully saturated rings. The van der Waals surface area contributed by atoms with Gasteiger partial charge in [0, 0.05) is 24.7 Å². The van der Waals surface area contributed by atoms with Gasteiger partial charge in [-0.3, -0.25) is 0 Å². The Kier molecular flexibility index (Phi) is 2.11. The number of nitrogen functional groups attached to an aromatic ring is 1. The zero-order valence-electron chi connectivity index (χ0n) is 8.24. The van der Waals surface area contributed by atoms with Gasteiger partial charge in [0.25, 0.3) is 0 Å². The van der Waals surface area contributed by atoms with Gasteiger partial charge in [-0.15, -0.1) is 0 Å². The van der Waals surface area contributed by atoms with Gasteiger partial charge in [0.2, 0.25) is 0 Å². The molecule has 0 atom stereocenters. The smallest absolute Gasteiger partial charge is 0.191 e. The highest BCUT2D eigenvalue weighted by molar-refractivity contribution is 7.98. The molecule has 1 aromatic rings. The van der Waals surface area contributed by atoms with E-state index in [9.17, 15) is 0 Å². The second kappa shape index (κ2) is 3.16. The third-order valence-corrected chi connectivity index (χ3v) is 2.90. The number of nitrogens with zero attached hydrogens (tertiary/aromatic N) is 3. The number of hydrogen-bond donors (Lipinski definition) is 1. The molecule has 0 aliphatic carbocycles. The third kappa shape index (κ3) is 1.24. The van der Waals surface area contributed by atoms with E-state index in [1.54, 1.807) is 0 Å². The van der Waals surface area contributed by atoms with Crippen LogP contribution < -0.4 is 10.6 Å². The normalized spacial score (nSPS) is 14.7. The molecule has 14 heavy (non-hydrogen) atoms. The lowest BCUT2D eigenvalue weighted by molar-refractivity contribution is 0.954. The first-order valence-corrected chi connectivity index (χ1v) is 5.48. The van der Waals surface area contributed by atoms with Crippen LogP contribution in [0, 0.1) is 0 Å². The summed E-state index contributed by atoms with van der Waals surface area (Å²) in [6.07, 6.45) is 2.69. The first-order valence-electron chi connectivity index (χ1n) is 4.25. The summed E-state index contributed by atoms with van der Waals surface area (Å²) in [5.74, 6) is 1.47. The van der Waals surface area contributed by atoms with E-state index in [1.165, 1.54) is 11.8 Å². The van der Waals surface area contributed by atoms with E-state index < -0.39 is 0 Å². The van der Waals surface area contributed by atoms with E-state index in [-0.39, 0.29) is 0 Å². The molecule has 5 heteroatoms. The lowest BCUT2D eigenvalue weighted by atomic mass is 10.2. The molecule has 4 nitrogen and oxygen atoms in total. The fourth-order valence-corrected chi connectivity index (χ4v) is 1.85. The number of hydrogen-bond acceptors (Lipinski definition) is 5. The lowest BCUT2D eigenvalue weighted by Gasteiger charge is -2.12. The van der Waals surface area contributed by atoms with Gasteiger partial charge in [-0.1, -0.05) is 18.3 Å². The van der Waals surface area contributed by atoms with Crippen molar-refractivity contribution in [1.29, 1.82) is 0 Å². The Balaban J connectivity index is 2.57. The van der Waals surface area contributed by atoms with Crippen LogP contribution in [0.2, 0.25) is 0 Å². The van der Waals surface area contributed by atoms with Crippen LogP contribution in [0.15, 0.2) is 17.4 Å². The molecule has 0 bridgehead atoms. The van der Waals surface area contributed by atoms with Crippen LogP contribution in [0.5, 0.6) is 0 Å². The number of likely N-dealkylation sites (N-methyl/N-ethyl adjacent to an activating group) is 1. The Morgan fingerprint density at radius 2 is 2.21 bits per heavy atom. The first kappa shape index (κ1) is 9.33. The molecular weight excluding hydrogens is 196 g/mol. The highest BCUT2D eigenvalue weighted by Crippen LogP contribution is 2.34. The highest BCUT2D eigenvalue weighted by atomic mass is 32.2. The van der Waals surface area contributed by atoms with Gasteiger partial charge in [0.05, 0.1) is 0 Å². The Hall–Kier alpha value is -1.23. The quantitative estimate of drug-likeness (QED) is 0.556. The Morgan fingerprint density at radius 1 is 1.50 bits per heavy atom. The summed E-state index contributed by atoms with van der Waals surface area (Å²) in [5.41, 5.74) is 7.85. The van der Waals surface area contributed by atoms with Crippen LogP contribution >= 0.6 is 11.8 Å². The number of anilines is 2. The van der Waals surface area contributed by atoms with Crippen LogP contribution in [0.1, 0.15) is 5.56 Å². The van der Waals surface area contributed by atoms with Crippen molar-refractivity contribution in [3.63, 3.8) is 0 Å². The van der Waals surface area contributed by atoms with E-state index in [1.807, 2.05) is 18.2 Å². The molecule has 2 N–H and O–H groups in total. The fraction of sp³-hybridized carbons (Fsp3) is 0.333. The van der Waals surface area contributed by atoms with E-state index in [0.29, 0.717) is 11.0 Å². The Morgan fingerprint density at radius 3 is 2.86 bits per heavy atom. The topological polar surface area (TPSA) is 55.0 Å². The Labute approximate surface area is 87.2 Å². The summed E-state index contributed by atoms with van der Waals surface area (Å²) in [4.78, 5) is 10.6. The van der Waals surface area contributed by atoms with Crippen LogP contribution in [-0.4, -0.2) is 23.3 Å². The maximum atomic E-state index is 5.84. The summed E-state index contributed by atoms with van der Waals surface area (Å²) in [6, 6.07) is 0. The summed E-state index contributed by atoms with van der Waals surface area (Å²) in [6.45, 7) is 3.94. The summed E-state index contributed by atoms with van der Waals surface area (Å²) < 4.78 is 0. The number of allylic oxidation sites excluding steroid dienone is 1. The molecule has 2 rings (SSSR count). The van der Waals surface area contributed by atoms with E-state index >= 15 is 0 Å². The van der Waals surface area contributed by atoms with Gasteiger partial charge in [-0.2, -0.15) is 0 Å². The van der Waals surface area contributed by atoms with Crippen molar-refractivity contribution in [2.45, 2.75) is 11.6 Å². The monoisotopic (exact) mass is 208 g/mol. The second-order valence-electron chi connectivity index (χ2n) is 3.20. The number of aromatic nitrogens is 2. The molecule has 0 radical (unpaired) electrons. The summed E-state index contributed by atoms with van der Waals surface area (Å²) >= 11 is 1.49. The molecule has 1 aliphatic rings. The van der Waals surface area contributed by atoms with Crippen LogP contribution in [0.4, 0.5) is 11.6 Å². The van der Waals surface area contributed by atoms with Crippen molar-refractivity contribution in [2.24, 2.45) is 0 Å². The van der Waals surface area contributed by atoms with Crippen molar-refractivity contribution < 1.29 is 0 Å². The predicted octanol–water partition coefficient (Wildman–Crippen LogP) is 1.29. The fourth-order valence-electron chi connectivity index (χ4n) is 1.48. The summed E-state index contributed by atoms with van der Waals surface area (Å²) in [7, 11) is 1.95. The lowest BCUT2D eigenvalue weighted by Crippen LogP contribution is -2.11. The minimum atomic E-state index is 0.574. The van der Waals surface area contributed by atoms with Gasteiger partial charge < -0.3 is 10.6 Å². The molecular formula is C9H12N4S. The minimum absolute atomic E-state index is 0.574. The molecule has 0 saturated heterocycles. The van der Waals surface area contributed by atoms with Crippen molar-refractivity contribution in [3.8, 4) is 0 Å². The van der Waals surface area contributed by atoms with Gasteiger partial charge in [0.1, 0.15) is 11.6 Å². The molecule has 1 aromatic heterocycles. The third-order valence-electron chi connectivity index (χ3n) is 2.35. The van der Waals surface area contributed by atoms with Crippen molar-refractivity contribution in [2.75, 3.05) is 23.9 Å². The van der Waals surface area contributed by atoms with E-state index in [0.717, 1.165) is 23.5 Å². The maximum absolute atomic E-state index is 5.84. The predicted molar refractivity (Wildman–Crippen MR) is 59.5 cm³/mol. The molecule has 0 saturated carbocycles. The molecule has 74 valence electrons. The van der Waals surface area contributed by atoms with Gasteiger partial charge >= 0.3 is 0 Å². The SMILES string of the molecule is C=C1Cc2c(N)nc(SC)nc2N1C. The molecule has 1 aliphatic heterocycles. The maximum Gasteiger partial charge on any atom is 0.191 e. The van der Waals surface area contributed by atoms with Gasteiger partial charge in [-0.05, 0) is 6.26 Å². The number of thioether (sulfide) groups is 1. The van der Waals surface area contributed by atoms with E-state index in [2.05, 4.69) is 16.5 Å². The summed E-state index contributed by atoms with van der Waals surface area (Å²) in [5, 5.41) is 0.711. The van der Waals surface area contributed by atoms with Gasteiger partial charge in [0.15, 0.2) is 5.16 Å². The van der Waals surface area contributed by atoms with Crippen molar-refractivity contribution in [1.82, 2.24) is 9.97 Å². The largest absolute Gasteiger partial charge is 0.383 e. The number of rotatable bonds is 1. The van der Waals surface area contributed by atoms with Gasteiger partial charge in [-0.25, -0.2) is 9.97 Å². The average molecular weight is 208 g/mol. The van der Waals surface area contributed by atoms with Crippen LogP contribution in [-0.2, 0) is 6.42 Å². The molecule has 0 amide bonds. The molecule has 0 unspecified atom stereocenters. The average Bonchev–Trinajstić information content (AvgIpc) is 2.45. The standard InChI is InChI=1S/C9H12N4S/c1-5-4-6-7(10)11-9(14-3)12-8(6)13(5)2/h1,4H2,2-3H3,(H2,10,11,12). The van der Waals surface area contributed by atoms with Crippen LogP contribution in [0.25, 0.3) is 0 Å². The zero-order valence-corrected chi connectivity index (χ0v) is 9.06. The van der Waals surface area contributed by atoms with Crippen molar-refractivity contribution in [3.05, 3.63) is 17.8 Å². The zero-order chi connectivity index (χ0) is 10.3. The second-order valence-corrected chi connectivity index (χ2v) is 3.97. The van der Waals surface area contributed by atoms with Crippen molar-refractivity contribution >= 4 is 23.4 Å². The Bertz CT molecular complexity index is 402. The molecule has 0 aromatic carbocycles. The van der Waals surface area contributed by atoms with E-state index in [4.69, 9.17) is 5.73 Å².